The Morgan fingerprint density at radius 2 is 2.21 bits per heavy atom. The van der Waals surface area contributed by atoms with Crippen LogP contribution in [0, 0.1) is 0 Å². The molecule has 1 rings (SSSR count). The molecule has 80 valence electrons. The van der Waals surface area contributed by atoms with Crippen LogP contribution in [0.5, 0.6) is 0 Å². The summed E-state index contributed by atoms with van der Waals surface area (Å²) in [6.07, 6.45) is 7.02. The van der Waals surface area contributed by atoms with Crippen LogP contribution >= 0.6 is 0 Å². The molecule has 1 atom stereocenters. The third-order valence-electron chi connectivity index (χ3n) is 2.76. The number of carbonyl (C=O) groups excluding carboxylic acids is 1. The summed E-state index contributed by atoms with van der Waals surface area (Å²) in [4.78, 5) is 15.5. The average molecular weight is 196 g/mol. The van der Waals surface area contributed by atoms with Gasteiger partial charge in [0.15, 0.2) is 0 Å². The molecule has 1 heterocycles. The van der Waals surface area contributed by atoms with Crippen molar-refractivity contribution in [2.75, 3.05) is 27.7 Å². The summed E-state index contributed by atoms with van der Waals surface area (Å²) in [5.74, 6) is 0.124. The van der Waals surface area contributed by atoms with E-state index in [1.807, 2.05) is 13.1 Å². The Hall–Kier alpha value is -0.830. The zero-order valence-corrected chi connectivity index (χ0v) is 9.36. The molecule has 0 aliphatic carbocycles. The highest BCUT2D eigenvalue weighted by Crippen LogP contribution is 2.10. The van der Waals surface area contributed by atoms with Crippen LogP contribution in [0.3, 0.4) is 0 Å². The maximum absolute atomic E-state index is 11.5. The zero-order chi connectivity index (χ0) is 10.6. The van der Waals surface area contributed by atoms with Crippen LogP contribution in [0.15, 0.2) is 12.2 Å². The Morgan fingerprint density at radius 1 is 1.50 bits per heavy atom. The van der Waals surface area contributed by atoms with Crippen molar-refractivity contribution in [3.63, 3.8) is 0 Å². The summed E-state index contributed by atoms with van der Waals surface area (Å²) >= 11 is 0. The lowest BCUT2D eigenvalue weighted by Gasteiger charge is -2.28. The first kappa shape index (κ1) is 11.2. The maximum atomic E-state index is 11.5. The molecule has 0 radical (unpaired) electrons. The van der Waals surface area contributed by atoms with Gasteiger partial charge in [-0.1, -0.05) is 6.08 Å². The second kappa shape index (κ2) is 5.15. The predicted octanol–water partition coefficient (Wildman–Crippen LogP) is 1.12. The lowest BCUT2D eigenvalue weighted by molar-refractivity contribution is -0.125. The molecule has 0 N–H and O–H groups in total. The monoisotopic (exact) mass is 196 g/mol. The fourth-order valence-electron chi connectivity index (χ4n) is 1.70. The molecule has 0 spiro atoms. The number of likely N-dealkylation sites (N-methyl/N-ethyl adjacent to an activating group) is 2. The second-order valence-electron chi connectivity index (χ2n) is 4.17. The summed E-state index contributed by atoms with van der Waals surface area (Å²) in [6, 6.07) is 0.490. The number of carbonyl (C=O) groups is 1. The van der Waals surface area contributed by atoms with E-state index >= 15 is 0 Å². The fourth-order valence-corrected chi connectivity index (χ4v) is 1.70. The van der Waals surface area contributed by atoms with E-state index in [1.165, 1.54) is 6.42 Å². The summed E-state index contributed by atoms with van der Waals surface area (Å²) < 4.78 is 0. The predicted molar refractivity (Wildman–Crippen MR) is 58.1 cm³/mol. The number of amides is 1. The standard InChI is InChI=1S/C11H20N2O/c1-12(2)10-7-5-4-6-8-11(14)13(3)9-10/h6,8,10H,4-5,7,9H2,1-3H3/b8-6-. The van der Waals surface area contributed by atoms with Crippen LogP contribution in [0.25, 0.3) is 0 Å². The lowest BCUT2D eigenvalue weighted by atomic mass is 10.1. The minimum atomic E-state index is 0.124. The topological polar surface area (TPSA) is 23.6 Å². The van der Waals surface area contributed by atoms with Crippen LogP contribution in [-0.2, 0) is 4.79 Å². The van der Waals surface area contributed by atoms with Crippen molar-refractivity contribution in [3.05, 3.63) is 12.2 Å². The van der Waals surface area contributed by atoms with Crippen molar-refractivity contribution < 1.29 is 4.79 Å². The average Bonchev–Trinajstić information content (AvgIpc) is 2.20. The van der Waals surface area contributed by atoms with E-state index in [9.17, 15) is 4.79 Å². The van der Waals surface area contributed by atoms with Gasteiger partial charge in [-0.15, -0.1) is 0 Å². The van der Waals surface area contributed by atoms with Crippen molar-refractivity contribution in [2.45, 2.75) is 25.3 Å². The van der Waals surface area contributed by atoms with Crippen LogP contribution in [0.2, 0.25) is 0 Å². The molecule has 0 aromatic heterocycles. The van der Waals surface area contributed by atoms with Crippen LogP contribution in [-0.4, -0.2) is 49.4 Å². The Balaban J connectivity index is 2.63. The smallest absolute Gasteiger partial charge is 0.246 e. The first-order chi connectivity index (χ1) is 6.61. The van der Waals surface area contributed by atoms with E-state index < -0.39 is 0 Å². The van der Waals surface area contributed by atoms with Gasteiger partial charge in [-0.3, -0.25) is 4.79 Å². The van der Waals surface area contributed by atoms with E-state index in [4.69, 9.17) is 0 Å². The zero-order valence-electron chi connectivity index (χ0n) is 9.36. The Labute approximate surface area is 86.4 Å². The minimum Gasteiger partial charge on any atom is -0.341 e. The van der Waals surface area contributed by atoms with Crippen molar-refractivity contribution in [2.24, 2.45) is 0 Å². The number of hydrogen-bond acceptors (Lipinski definition) is 2. The van der Waals surface area contributed by atoms with Gasteiger partial charge in [0.1, 0.15) is 0 Å². The summed E-state index contributed by atoms with van der Waals surface area (Å²) in [5.41, 5.74) is 0. The molecule has 1 aliphatic heterocycles. The van der Waals surface area contributed by atoms with Gasteiger partial charge in [-0.25, -0.2) is 0 Å². The van der Waals surface area contributed by atoms with Crippen molar-refractivity contribution in [1.29, 1.82) is 0 Å². The van der Waals surface area contributed by atoms with Gasteiger partial charge in [0.2, 0.25) is 5.91 Å². The molecular formula is C11H20N2O. The van der Waals surface area contributed by atoms with Gasteiger partial charge in [0.25, 0.3) is 0 Å². The van der Waals surface area contributed by atoms with Crippen molar-refractivity contribution in [3.8, 4) is 0 Å². The largest absolute Gasteiger partial charge is 0.341 e. The number of allylic oxidation sites excluding steroid dienone is 1. The maximum Gasteiger partial charge on any atom is 0.246 e. The molecule has 1 amide bonds. The molecule has 3 heteroatoms. The molecule has 0 aromatic carbocycles. The molecule has 0 saturated heterocycles. The van der Waals surface area contributed by atoms with Crippen LogP contribution in [0.4, 0.5) is 0 Å². The van der Waals surface area contributed by atoms with Gasteiger partial charge < -0.3 is 9.80 Å². The molecule has 3 nitrogen and oxygen atoms in total. The quantitative estimate of drug-likeness (QED) is 0.627. The molecule has 14 heavy (non-hydrogen) atoms. The van der Waals surface area contributed by atoms with Gasteiger partial charge in [-0.05, 0) is 39.4 Å². The molecular weight excluding hydrogens is 176 g/mol. The van der Waals surface area contributed by atoms with Gasteiger partial charge in [0, 0.05) is 19.6 Å². The number of nitrogens with zero attached hydrogens (tertiary/aromatic N) is 2. The fraction of sp³-hybridized carbons (Fsp3) is 0.727. The SMILES string of the molecule is CN1CC(N(C)C)CCC/C=C\C1=O. The third kappa shape index (κ3) is 3.14. The highest BCUT2D eigenvalue weighted by molar-refractivity contribution is 5.87. The molecule has 1 aliphatic rings. The van der Waals surface area contributed by atoms with Crippen LogP contribution in [0.1, 0.15) is 19.3 Å². The molecule has 0 bridgehead atoms. The summed E-state index contributed by atoms with van der Waals surface area (Å²) in [5, 5.41) is 0. The normalized spacial score (nSPS) is 27.0. The highest BCUT2D eigenvalue weighted by Gasteiger charge is 2.16. The van der Waals surface area contributed by atoms with E-state index in [2.05, 4.69) is 19.0 Å². The number of rotatable bonds is 1. The first-order valence-electron chi connectivity index (χ1n) is 5.19. The summed E-state index contributed by atoms with van der Waals surface area (Å²) in [6.45, 7) is 0.830. The second-order valence-corrected chi connectivity index (χ2v) is 4.17. The third-order valence-corrected chi connectivity index (χ3v) is 2.76. The van der Waals surface area contributed by atoms with E-state index in [-0.39, 0.29) is 5.91 Å². The van der Waals surface area contributed by atoms with Gasteiger partial charge >= 0.3 is 0 Å². The molecule has 1 unspecified atom stereocenters. The Bertz CT molecular complexity index is 223. The number of hydrogen-bond donors (Lipinski definition) is 0. The Morgan fingerprint density at radius 3 is 2.86 bits per heavy atom. The van der Waals surface area contributed by atoms with Crippen molar-refractivity contribution >= 4 is 5.91 Å². The lowest BCUT2D eigenvalue weighted by Crippen LogP contribution is -2.40. The van der Waals surface area contributed by atoms with Gasteiger partial charge in [0.05, 0.1) is 0 Å². The van der Waals surface area contributed by atoms with Crippen LogP contribution < -0.4 is 0 Å². The van der Waals surface area contributed by atoms with Gasteiger partial charge in [-0.2, -0.15) is 0 Å². The van der Waals surface area contributed by atoms with E-state index in [0.717, 1.165) is 19.4 Å². The Kier molecular flexibility index (Phi) is 4.14. The van der Waals surface area contributed by atoms with E-state index in [0.29, 0.717) is 6.04 Å². The first-order valence-corrected chi connectivity index (χ1v) is 5.19. The molecule has 0 fully saturated rings. The van der Waals surface area contributed by atoms with E-state index in [1.54, 1.807) is 11.0 Å². The highest BCUT2D eigenvalue weighted by atomic mass is 16.2. The van der Waals surface area contributed by atoms with Crippen molar-refractivity contribution in [1.82, 2.24) is 9.80 Å². The molecule has 0 aromatic rings. The summed E-state index contributed by atoms with van der Waals surface area (Å²) in [7, 11) is 6.02. The minimum absolute atomic E-state index is 0.124. The molecule has 0 saturated carbocycles.